The number of benzene rings is 2. The van der Waals surface area contributed by atoms with Crippen molar-refractivity contribution in [3.8, 4) is 0 Å². The van der Waals surface area contributed by atoms with Gasteiger partial charge in [-0.15, -0.1) is 23.5 Å². The Kier molecular flexibility index (Phi) is 5.77. The minimum atomic E-state index is 0.0322. The van der Waals surface area contributed by atoms with E-state index < -0.39 is 0 Å². The largest absolute Gasteiger partial charge is 0.325 e. The molecule has 3 nitrogen and oxygen atoms in total. The van der Waals surface area contributed by atoms with Crippen LogP contribution in [0.1, 0.15) is 6.42 Å². The number of amides is 1. The molecule has 1 heterocycles. The van der Waals surface area contributed by atoms with Gasteiger partial charge in [0.2, 0.25) is 5.91 Å². The maximum atomic E-state index is 12.1. The van der Waals surface area contributed by atoms with E-state index in [1.54, 1.807) is 23.5 Å². The smallest absolute Gasteiger partial charge is 0.225 e. The number of nitrogens with one attached hydrogen (secondary N) is 1. The van der Waals surface area contributed by atoms with Crippen molar-refractivity contribution < 1.29 is 4.79 Å². The van der Waals surface area contributed by atoms with Crippen LogP contribution in [0.4, 0.5) is 5.69 Å². The molecule has 0 atom stereocenters. The van der Waals surface area contributed by atoms with Crippen LogP contribution in [-0.4, -0.2) is 22.9 Å². The summed E-state index contributed by atoms with van der Waals surface area (Å²) in [6.07, 6.45) is 2.47. The fourth-order valence-corrected chi connectivity index (χ4v) is 3.71. The molecule has 0 radical (unpaired) electrons. The van der Waals surface area contributed by atoms with Gasteiger partial charge in [0.1, 0.15) is 0 Å². The Hall–Kier alpha value is -1.98. The van der Waals surface area contributed by atoms with E-state index in [0.29, 0.717) is 12.2 Å². The van der Waals surface area contributed by atoms with Crippen molar-refractivity contribution in [3.05, 3.63) is 60.7 Å². The molecule has 0 unspecified atom stereocenters. The SMILES string of the molecule is CSc1ccccc1NC(=O)CCSc1ccc2ccccc2n1. The summed E-state index contributed by atoms with van der Waals surface area (Å²) in [4.78, 5) is 17.8. The Labute approximate surface area is 150 Å². The maximum Gasteiger partial charge on any atom is 0.225 e. The van der Waals surface area contributed by atoms with Gasteiger partial charge in [-0.3, -0.25) is 4.79 Å². The van der Waals surface area contributed by atoms with Crippen molar-refractivity contribution in [2.45, 2.75) is 16.3 Å². The number of hydrogen-bond donors (Lipinski definition) is 1. The Balaban J connectivity index is 1.54. The monoisotopic (exact) mass is 354 g/mol. The molecule has 0 aliphatic rings. The predicted molar refractivity (Wildman–Crippen MR) is 104 cm³/mol. The Bertz CT molecular complexity index is 851. The van der Waals surface area contributed by atoms with Gasteiger partial charge in [0, 0.05) is 22.5 Å². The number of rotatable bonds is 6. The van der Waals surface area contributed by atoms with Gasteiger partial charge in [-0.1, -0.05) is 36.4 Å². The fraction of sp³-hybridized carbons (Fsp3) is 0.158. The first-order valence-electron chi connectivity index (χ1n) is 7.68. The molecule has 0 spiro atoms. The molecule has 1 amide bonds. The first-order chi connectivity index (χ1) is 11.8. The molecule has 5 heteroatoms. The molecule has 1 N–H and O–H groups in total. The highest BCUT2D eigenvalue weighted by molar-refractivity contribution is 7.99. The normalized spacial score (nSPS) is 10.7. The van der Waals surface area contributed by atoms with E-state index in [9.17, 15) is 4.79 Å². The summed E-state index contributed by atoms with van der Waals surface area (Å²) < 4.78 is 0. The summed E-state index contributed by atoms with van der Waals surface area (Å²) in [7, 11) is 0. The molecule has 0 fully saturated rings. The van der Waals surface area contributed by atoms with Gasteiger partial charge in [-0.25, -0.2) is 4.98 Å². The summed E-state index contributed by atoms with van der Waals surface area (Å²) in [5.41, 5.74) is 1.87. The van der Waals surface area contributed by atoms with Crippen LogP contribution in [-0.2, 0) is 4.79 Å². The quantitative estimate of drug-likeness (QED) is 0.627. The molecule has 24 heavy (non-hydrogen) atoms. The van der Waals surface area contributed by atoms with Crippen LogP contribution in [0.5, 0.6) is 0 Å². The van der Waals surface area contributed by atoms with Crippen molar-refractivity contribution in [2.24, 2.45) is 0 Å². The Morgan fingerprint density at radius 1 is 1.04 bits per heavy atom. The van der Waals surface area contributed by atoms with Gasteiger partial charge in [0.15, 0.2) is 0 Å². The van der Waals surface area contributed by atoms with Crippen molar-refractivity contribution in [3.63, 3.8) is 0 Å². The van der Waals surface area contributed by atoms with Crippen LogP contribution < -0.4 is 5.32 Å². The first kappa shape index (κ1) is 16.9. The number of para-hydroxylation sites is 2. The summed E-state index contributed by atoms with van der Waals surface area (Å²) in [5.74, 6) is 0.739. The molecule has 3 aromatic rings. The third kappa shape index (κ3) is 4.30. The summed E-state index contributed by atoms with van der Waals surface area (Å²) in [6, 6.07) is 20.0. The molecule has 0 aliphatic carbocycles. The van der Waals surface area contributed by atoms with Crippen LogP contribution >= 0.6 is 23.5 Å². The molecule has 2 aromatic carbocycles. The zero-order chi connectivity index (χ0) is 16.8. The molecule has 0 aliphatic heterocycles. The third-order valence-corrected chi connectivity index (χ3v) is 5.26. The van der Waals surface area contributed by atoms with E-state index in [2.05, 4.69) is 16.4 Å². The third-order valence-electron chi connectivity index (χ3n) is 3.53. The minimum absolute atomic E-state index is 0.0322. The number of anilines is 1. The topological polar surface area (TPSA) is 42.0 Å². The minimum Gasteiger partial charge on any atom is -0.325 e. The molecule has 3 rings (SSSR count). The highest BCUT2D eigenvalue weighted by Gasteiger charge is 2.07. The van der Waals surface area contributed by atoms with Crippen LogP contribution in [0.2, 0.25) is 0 Å². The lowest BCUT2D eigenvalue weighted by atomic mass is 10.2. The number of aromatic nitrogens is 1. The molecular weight excluding hydrogens is 336 g/mol. The summed E-state index contributed by atoms with van der Waals surface area (Å²) in [5, 5.41) is 5.07. The molecular formula is C19H18N2OS2. The lowest BCUT2D eigenvalue weighted by Gasteiger charge is -2.09. The number of nitrogens with zero attached hydrogens (tertiary/aromatic N) is 1. The zero-order valence-electron chi connectivity index (χ0n) is 13.4. The van der Waals surface area contributed by atoms with Gasteiger partial charge in [0.25, 0.3) is 0 Å². The predicted octanol–water partition coefficient (Wildman–Crippen LogP) is 5.08. The van der Waals surface area contributed by atoms with E-state index in [-0.39, 0.29) is 5.91 Å². The van der Waals surface area contributed by atoms with Gasteiger partial charge in [0.05, 0.1) is 16.2 Å². The second kappa shape index (κ2) is 8.22. The average molecular weight is 354 g/mol. The van der Waals surface area contributed by atoms with Gasteiger partial charge >= 0.3 is 0 Å². The van der Waals surface area contributed by atoms with Crippen LogP contribution in [0.15, 0.2) is 70.6 Å². The summed E-state index contributed by atoms with van der Waals surface area (Å²) >= 11 is 3.24. The Morgan fingerprint density at radius 3 is 2.71 bits per heavy atom. The molecule has 122 valence electrons. The van der Waals surface area contributed by atoms with Crippen molar-refractivity contribution >= 4 is 46.0 Å². The van der Waals surface area contributed by atoms with Crippen molar-refractivity contribution in [2.75, 3.05) is 17.3 Å². The lowest BCUT2D eigenvalue weighted by Crippen LogP contribution is -2.12. The number of carbonyl (C=O) groups is 1. The maximum absolute atomic E-state index is 12.1. The van der Waals surface area contributed by atoms with E-state index >= 15 is 0 Å². The Morgan fingerprint density at radius 2 is 1.83 bits per heavy atom. The number of fused-ring (bicyclic) bond motifs is 1. The van der Waals surface area contributed by atoms with E-state index in [1.165, 1.54) is 0 Å². The molecule has 1 aromatic heterocycles. The first-order valence-corrected chi connectivity index (χ1v) is 9.89. The lowest BCUT2D eigenvalue weighted by molar-refractivity contribution is -0.115. The number of hydrogen-bond acceptors (Lipinski definition) is 4. The second-order valence-corrected chi connectivity index (χ2v) is 7.15. The average Bonchev–Trinajstić information content (AvgIpc) is 2.62. The number of carbonyl (C=O) groups excluding carboxylic acids is 1. The van der Waals surface area contributed by atoms with E-state index in [4.69, 9.17) is 0 Å². The number of thioether (sulfide) groups is 2. The second-order valence-electron chi connectivity index (χ2n) is 5.19. The zero-order valence-corrected chi connectivity index (χ0v) is 15.0. The van der Waals surface area contributed by atoms with Gasteiger partial charge in [-0.2, -0.15) is 0 Å². The van der Waals surface area contributed by atoms with Gasteiger partial charge in [-0.05, 0) is 30.5 Å². The fourth-order valence-electron chi connectivity index (χ4n) is 2.34. The van der Waals surface area contributed by atoms with Gasteiger partial charge < -0.3 is 5.32 Å². The highest BCUT2D eigenvalue weighted by Crippen LogP contribution is 2.25. The standard InChI is InChI=1S/C19H18N2OS2/c1-23-17-9-5-4-8-16(17)20-18(22)12-13-24-19-11-10-14-6-2-3-7-15(14)21-19/h2-11H,12-13H2,1H3,(H,20,22). The van der Waals surface area contributed by atoms with E-state index in [0.717, 1.165) is 26.5 Å². The molecule has 0 saturated carbocycles. The van der Waals surface area contributed by atoms with E-state index in [1.807, 2.05) is 60.9 Å². The molecule has 0 saturated heterocycles. The highest BCUT2D eigenvalue weighted by atomic mass is 32.2. The number of pyridine rings is 1. The summed E-state index contributed by atoms with van der Waals surface area (Å²) in [6.45, 7) is 0. The van der Waals surface area contributed by atoms with Crippen molar-refractivity contribution in [1.29, 1.82) is 0 Å². The van der Waals surface area contributed by atoms with Crippen LogP contribution in [0.3, 0.4) is 0 Å². The molecule has 0 bridgehead atoms. The van der Waals surface area contributed by atoms with Crippen LogP contribution in [0.25, 0.3) is 10.9 Å². The van der Waals surface area contributed by atoms with Crippen LogP contribution in [0, 0.1) is 0 Å². The van der Waals surface area contributed by atoms with Crippen molar-refractivity contribution in [1.82, 2.24) is 4.98 Å².